The third-order valence-electron chi connectivity index (χ3n) is 4.66. The molecule has 0 aliphatic carbocycles. The van der Waals surface area contributed by atoms with Gasteiger partial charge in [-0.3, -0.25) is 15.5 Å². The van der Waals surface area contributed by atoms with E-state index in [0.717, 1.165) is 11.0 Å². The maximum atomic E-state index is 12.0. The molecule has 11 heteroatoms. The number of halogens is 1. The van der Waals surface area contributed by atoms with Crippen LogP contribution in [-0.4, -0.2) is 33.9 Å². The van der Waals surface area contributed by atoms with Gasteiger partial charge in [0.25, 0.3) is 5.91 Å². The first-order valence-electron chi connectivity index (χ1n) is 10.4. The molecule has 176 valence electrons. The van der Waals surface area contributed by atoms with Crippen molar-refractivity contribution in [3.05, 3.63) is 47.2 Å². The van der Waals surface area contributed by atoms with E-state index in [-0.39, 0.29) is 12.6 Å². The molecule has 10 nitrogen and oxygen atoms in total. The first-order chi connectivity index (χ1) is 16.2. The average molecular weight is 483 g/mol. The molecular formula is C23H23ClN6O4. The summed E-state index contributed by atoms with van der Waals surface area (Å²) in [5, 5.41) is 15.1. The fraction of sp³-hybridized carbons (Fsp3) is 0.261. The molecule has 0 aliphatic heterocycles. The van der Waals surface area contributed by atoms with Crippen molar-refractivity contribution in [2.45, 2.75) is 33.7 Å². The van der Waals surface area contributed by atoms with E-state index < -0.39 is 17.7 Å². The van der Waals surface area contributed by atoms with Crippen LogP contribution in [0.25, 0.3) is 11.0 Å². The number of ether oxygens (including phenoxy) is 2. The number of carbonyl (C=O) groups is 2. The van der Waals surface area contributed by atoms with Crippen molar-refractivity contribution in [3.8, 4) is 17.6 Å². The summed E-state index contributed by atoms with van der Waals surface area (Å²) in [5.74, 6) is 0.0556. The van der Waals surface area contributed by atoms with Crippen molar-refractivity contribution in [3.63, 3.8) is 0 Å². The maximum absolute atomic E-state index is 12.0. The number of benzene rings is 2. The molecule has 2 aromatic carbocycles. The highest BCUT2D eigenvalue weighted by atomic mass is 35.5. The minimum absolute atomic E-state index is 0.0812. The monoisotopic (exact) mass is 482 g/mol. The van der Waals surface area contributed by atoms with Gasteiger partial charge in [0.15, 0.2) is 0 Å². The predicted molar refractivity (Wildman–Crippen MR) is 128 cm³/mol. The Balaban J connectivity index is 1.78. The molecule has 0 atom stereocenters. The lowest BCUT2D eigenvalue weighted by molar-refractivity contribution is -0.114. The molecule has 3 rings (SSSR count). The standard InChI is InChI=1S/C23H23ClN6O4/c1-5-33-23(32)27-22(31)19(11-25)29-28-15-8-14(4)21(17(24)9-15)34-16-6-7-18-20(10-16)30(12-26-18)13(2)3/h6-10,12-13,28H,5H2,1-4H3,(H,27,31,32)/b29-19+. The fourth-order valence-corrected chi connectivity index (χ4v) is 3.39. The molecular weight excluding hydrogens is 460 g/mol. The van der Waals surface area contributed by atoms with Crippen LogP contribution >= 0.6 is 11.6 Å². The zero-order chi connectivity index (χ0) is 24.8. The number of hydrogen-bond acceptors (Lipinski definition) is 8. The lowest BCUT2D eigenvalue weighted by Crippen LogP contribution is -2.36. The molecule has 0 saturated heterocycles. The SMILES string of the molecule is CCOC(=O)NC(=O)/C(C#N)=N/Nc1cc(C)c(Oc2ccc3ncn(C(C)C)c3c2)c(Cl)c1. The van der Waals surface area contributed by atoms with Crippen LogP contribution in [0.15, 0.2) is 41.8 Å². The molecule has 2 N–H and O–H groups in total. The normalized spacial score (nSPS) is 11.3. The first kappa shape index (κ1) is 24.5. The molecule has 0 aliphatic rings. The molecule has 1 aromatic heterocycles. The van der Waals surface area contributed by atoms with Crippen LogP contribution in [0.2, 0.25) is 5.02 Å². The molecule has 34 heavy (non-hydrogen) atoms. The van der Waals surface area contributed by atoms with E-state index in [0.29, 0.717) is 27.8 Å². The summed E-state index contributed by atoms with van der Waals surface area (Å²) in [4.78, 5) is 27.7. The third-order valence-corrected chi connectivity index (χ3v) is 4.94. The summed E-state index contributed by atoms with van der Waals surface area (Å²) >= 11 is 6.44. The zero-order valence-electron chi connectivity index (χ0n) is 19.0. The summed E-state index contributed by atoms with van der Waals surface area (Å²) in [6.45, 7) is 7.61. The lowest BCUT2D eigenvalue weighted by atomic mass is 10.2. The molecule has 0 saturated carbocycles. The smallest absolute Gasteiger partial charge is 0.414 e. The highest BCUT2D eigenvalue weighted by Gasteiger charge is 2.16. The van der Waals surface area contributed by atoms with E-state index >= 15 is 0 Å². The van der Waals surface area contributed by atoms with Crippen molar-refractivity contribution >= 4 is 46.0 Å². The molecule has 0 fully saturated rings. The van der Waals surface area contributed by atoms with Crippen LogP contribution in [0.4, 0.5) is 10.5 Å². The van der Waals surface area contributed by atoms with E-state index in [2.05, 4.69) is 34.1 Å². The number of nitrogens with one attached hydrogen (secondary N) is 2. The van der Waals surface area contributed by atoms with Crippen molar-refractivity contribution in [2.75, 3.05) is 12.0 Å². The number of anilines is 1. The minimum atomic E-state index is -0.993. The number of aryl methyl sites for hydroxylation is 1. The topological polar surface area (TPSA) is 131 Å². The maximum Gasteiger partial charge on any atom is 0.414 e. The summed E-state index contributed by atoms with van der Waals surface area (Å²) < 4.78 is 12.7. The van der Waals surface area contributed by atoms with Gasteiger partial charge >= 0.3 is 6.09 Å². The van der Waals surface area contributed by atoms with Crippen LogP contribution in [0, 0.1) is 18.3 Å². The Morgan fingerprint density at radius 2 is 2.06 bits per heavy atom. The van der Waals surface area contributed by atoms with E-state index in [1.165, 1.54) is 0 Å². The number of aromatic nitrogens is 2. The molecule has 0 radical (unpaired) electrons. The largest absolute Gasteiger partial charge is 0.455 e. The number of amides is 2. The summed E-state index contributed by atoms with van der Waals surface area (Å²) in [6, 6.07) is 10.7. The van der Waals surface area contributed by atoms with Gasteiger partial charge in [0.05, 0.1) is 34.7 Å². The van der Waals surface area contributed by atoms with Crippen LogP contribution in [0.1, 0.15) is 32.4 Å². The van der Waals surface area contributed by atoms with Gasteiger partial charge in [-0.2, -0.15) is 10.4 Å². The Morgan fingerprint density at radius 1 is 1.29 bits per heavy atom. The van der Waals surface area contributed by atoms with E-state index in [1.807, 2.05) is 28.1 Å². The summed E-state index contributed by atoms with van der Waals surface area (Å²) in [5.41, 5.74) is 4.95. The number of hydrogen-bond donors (Lipinski definition) is 2. The van der Waals surface area contributed by atoms with E-state index in [1.54, 1.807) is 38.4 Å². The molecule has 2 amide bonds. The number of fused-ring (bicyclic) bond motifs is 1. The van der Waals surface area contributed by atoms with E-state index in [4.69, 9.17) is 21.6 Å². The number of imidazole rings is 1. The number of nitriles is 1. The van der Waals surface area contributed by atoms with Gasteiger partial charge in [-0.25, -0.2) is 9.78 Å². The summed E-state index contributed by atoms with van der Waals surface area (Å²) in [7, 11) is 0. The number of imide groups is 1. The fourth-order valence-electron chi connectivity index (χ4n) is 3.09. The highest BCUT2D eigenvalue weighted by molar-refractivity contribution is 6.46. The Bertz CT molecular complexity index is 1290. The van der Waals surface area contributed by atoms with Crippen LogP contribution in [0.3, 0.4) is 0 Å². The molecule has 1 heterocycles. The van der Waals surface area contributed by atoms with Gasteiger partial charge in [0, 0.05) is 12.1 Å². The quantitative estimate of drug-likeness (QED) is 0.360. The average Bonchev–Trinajstić information content (AvgIpc) is 3.20. The predicted octanol–water partition coefficient (Wildman–Crippen LogP) is 4.94. The Morgan fingerprint density at radius 3 is 2.71 bits per heavy atom. The number of hydrazone groups is 1. The number of carbonyl (C=O) groups excluding carboxylic acids is 2. The number of alkyl carbamates (subject to hydrolysis) is 1. The zero-order valence-corrected chi connectivity index (χ0v) is 19.8. The second-order valence-electron chi connectivity index (χ2n) is 7.46. The van der Waals surface area contributed by atoms with Gasteiger partial charge in [-0.05, 0) is 57.5 Å². The Hall–Kier alpha value is -4.10. The third kappa shape index (κ3) is 5.63. The van der Waals surface area contributed by atoms with Crippen LogP contribution in [0.5, 0.6) is 11.5 Å². The second-order valence-corrected chi connectivity index (χ2v) is 7.87. The van der Waals surface area contributed by atoms with Crippen LogP contribution < -0.4 is 15.5 Å². The molecule has 0 bridgehead atoms. The lowest BCUT2D eigenvalue weighted by Gasteiger charge is -2.14. The number of rotatable bonds is 7. The van der Waals surface area contributed by atoms with Gasteiger partial charge < -0.3 is 14.0 Å². The first-order valence-corrected chi connectivity index (χ1v) is 10.8. The van der Waals surface area contributed by atoms with Crippen molar-refractivity contribution in [2.24, 2.45) is 5.10 Å². The van der Waals surface area contributed by atoms with Crippen molar-refractivity contribution in [1.29, 1.82) is 5.26 Å². The van der Waals surface area contributed by atoms with Crippen molar-refractivity contribution in [1.82, 2.24) is 14.9 Å². The van der Waals surface area contributed by atoms with Gasteiger partial charge in [-0.15, -0.1) is 0 Å². The van der Waals surface area contributed by atoms with Crippen LogP contribution in [-0.2, 0) is 9.53 Å². The molecule has 0 spiro atoms. The van der Waals surface area contributed by atoms with Gasteiger partial charge in [-0.1, -0.05) is 11.6 Å². The van der Waals surface area contributed by atoms with Gasteiger partial charge in [0.2, 0.25) is 5.71 Å². The highest BCUT2D eigenvalue weighted by Crippen LogP contribution is 2.36. The second kappa shape index (κ2) is 10.7. The Labute approximate surface area is 201 Å². The van der Waals surface area contributed by atoms with Gasteiger partial charge in [0.1, 0.15) is 17.6 Å². The Kier molecular flexibility index (Phi) is 7.71. The molecule has 0 unspecified atom stereocenters. The molecule has 3 aromatic rings. The van der Waals surface area contributed by atoms with E-state index in [9.17, 15) is 9.59 Å². The summed E-state index contributed by atoms with van der Waals surface area (Å²) in [6.07, 6.45) is 0.825. The minimum Gasteiger partial charge on any atom is -0.455 e. The van der Waals surface area contributed by atoms with Crippen molar-refractivity contribution < 1.29 is 19.1 Å². The number of nitrogens with zero attached hydrogens (tertiary/aromatic N) is 4.